The van der Waals surface area contributed by atoms with Crippen LogP contribution in [-0.4, -0.2) is 51.6 Å². The zero-order valence-electron chi connectivity index (χ0n) is 15.9. The average molecular weight is 458 g/mol. The molecule has 6 nitrogen and oxygen atoms in total. The second-order valence-electron chi connectivity index (χ2n) is 5.65. The number of rotatable bonds is 11. The van der Waals surface area contributed by atoms with Crippen LogP contribution in [-0.2, 0) is 20.1 Å². The first-order valence-electron chi connectivity index (χ1n) is 8.61. The van der Waals surface area contributed by atoms with Crippen LogP contribution in [0.1, 0.15) is 18.9 Å². The maximum absolute atomic E-state index is 12.7. The van der Waals surface area contributed by atoms with E-state index < -0.39 is 12.0 Å². The molecule has 0 unspecified atom stereocenters. The summed E-state index contributed by atoms with van der Waals surface area (Å²) in [5, 5.41) is 3.20. The summed E-state index contributed by atoms with van der Waals surface area (Å²) in [6.07, 6.45) is 2.53. The first-order valence-corrected chi connectivity index (χ1v) is 12.6. The molecular weight excluding hydrogens is 434 g/mol. The standard InChI is InChI=1S/C18H23N3O3S4/c1-4-14(27-18-20-17(25-3)21-28-18)15(22)19-13(16(23)24-2)11-26-10-12-8-6-5-7-9-12/h5-9,13-14H,4,10-11H2,1-3H3,(H,19,22)/t13-,14-/m1/s1. The smallest absolute Gasteiger partial charge is 0.329 e. The lowest BCUT2D eigenvalue weighted by molar-refractivity contribution is -0.144. The quantitative estimate of drug-likeness (QED) is 0.404. The van der Waals surface area contributed by atoms with E-state index in [9.17, 15) is 9.59 Å². The molecule has 10 heteroatoms. The zero-order chi connectivity index (χ0) is 20.4. The number of hydrogen-bond donors (Lipinski definition) is 1. The molecule has 1 aromatic carbocycles. The van der Waals surface area contributed by atoms with E-state index >= 15 is 0 Å². The summed E-state index contributed by atoms with van der Waals surface area (Å²) in [6, 6.07) is 9.31. The van der Waals surface area contributed by atoms with Crippen LogP contribution in [0.15, 0.2) is 39.8 Å². The lowest BCUT2D eigenvalue weighted by Crippen LogP contribution is -2.46. The number of methoxy groups -OCH3 is 1. The van der Waals surface area contributed by atoms with Gasteiger partial charge in [0.1, 0.15) is 6.04 Å². The monoisotopic (exact) mass is 457 g/mol. The lowest BCUT2D eigenvalue weighted by Gasteiger charge is -2.19. The summed E-state index contributed by atoms with van der Waals surface area (Å²) in [6.45, 7) is 1.94. The minimum Gasteiger partial charge on any atom is -0.467 e. The van der Waals surface area contributed by atoms with Crippen molar-refractivity contribution in [3.63, 3.8) is 0 Å². The zero-order valence-corrected chi connectivity index (χ0v) is 19.2. The molecule has 0 saturated heterocycles. The third kappa shape index (κ3) is 7.31. The first-order chi connectivity index (χ1) is 13.6. The summed E-state index contributed by atoms with van der Waals surface area (Å²) >= 11 is 5.71. The Labute approximate surface area is 182 Å². The van der Waals surface area contributed by atoms with Crippen LogP contribution in [0.25, 0.3) is 0 Å². The SMILES string of the molecule is CC[C@@H](Sc1nc(SC)ns1)C(=O)N[C@H](CSCc1ccccc1)C(=O)OC. The number of carbonyl (C=O) groups is 2. The van der Waals surface area contributed by atoms with Gasteiger partial charge in [0.25, 0.3) is 0 Å². The number of hydrogen-bond acceptors (Lipinski definition) is 9. The van der Waals surface area contributed by atoms with Crippen molar-refractivity contribution in [1.29, 1.82) is 0 Å². The number of amides is 1. The maximum atomic E-state index is 12.7. The fraction of sp³-hybridized carbons (Fsp3) is 0.444. The predicted molar refractivity (Wildman–Crippen MR) is 118 cm³/mol. The number of carbonyl (C=O) groups excluding carboxylic acids is 2. The van der Waals surface area contributed by atoms with Crippen molar-refractivity contribution >= 4 is 58.7 Å². The minimum absolute atomic E-state index is 0.191. The van der Waals surface area contributed by atoms with Crippen molar-refractivity contribution in [2.75, 3.05) is 19.1 Å². The highest BCUT2D eigenvalue weighted by Crippen LogP contribution is 2.29. The number of esters is 1. The van der Waals surface area contributed by atoms with Gasteiger partial charge in [0.05, 0.1) is 12.4 Å². The number of thioether (sulfide) groups is 3. The highest BCUT2D eigenvalue weighted by Gasteiger charge is 2.27. The molecule has 2 rings (SSSR count). The van der Waals surface area contributed by atoms with Crippen molar-refractivity contribution in [2.45, 2.75) is 39.9 Å². The molecule has 1 aromatic heterocycles. The highest BCUT2D eigenvalue weighted by atomic mass is 32.2. The second kappa shape index (κ2) is 12.4. The van der Waals surface area contributed by atoms with Crippen LogP contribution < -0.4 is 5.32 Å². The first kappa shape index (κ1) is 23.1. The van der Waals surface area contributed by atoms with Crippen LogP contribution in [0.2, 0.25) is 0 Å². The molecule has 0 aliphatic carbocycles. The fourth-order valence-electron chi connectivity index (χ4n) is 2.22. The molecule has 0 saturated carbocycles. The Bertz CT molecular complexity index is 758. The summed E-state index contributed by atoms with van der Waals surface area (Å²) in [5.74, 6) is 0.584. The summed E-state index contributed by atoms with van der Waals surface area (Å²) in [7, 11) is 1.33. The fourth-order valence-corrected chi connectivity index (χ4v) is 5.61. The van der Waals surface area contributed by atoms with Gasteiger partial charge in [0, 0.05) is 11.5 Å². The predicted octanol–water partition coefficient (Wildman–Crippen LogP) is 3.72. The van der Waals surface area contributed by atoms with Crippen LogP contribution >= 0.6 is 46.8 Å². The number of nitrogens with one attached hydrogen (secondary N) is 1. The van der Waals surface area contributed by atoms with E-state index in [0.29, 0.717) is 17.3 Å². The van der Waals surface area contributed by atoms with Gasteiger partial charge in [-0.2, -0.15) is 16.1 Å². The lowest BCUT2D eigenvalue weighted by atomic mass is 10.2. The van der Waals surface area contributed by atoms with Crippen molar-refractivity contribution < 1.29 is 14.3 Å². The van der Waals surface area contributed by atoms with Gasteiger partial charge >= 0.3 is 5.97 Å². The van der Waals surface area contributed by atoms with Gasteiger partial charge < -0.3 is 10.1 Å². The Morgan fingerprint density at radius 1 is 1.29 bits per heavy atom. The number of benzene rings is 1. The number of ether oxygens (including phenoxy) is 1. The molecule has 0 aliphatic rings. The molecule has 152 valence electrons. The Balaban J connectivity index is 1.92. The van der Waals surface area contributed by atoms with E-state index in [4.69, 9.17) is 4.74 Å². The van der Waals surface area contributed by atoms with Crippen LogP contribution in [0.3, 0.4) is 0 Å². The molecule has 0 aliphatic heterocycles. The van der Waals surface area contributed by atoms with Gasteiger partial charge in [-0.3, -0.25) is 4.79 Å². The molecule has 0 fully saturated rings. The molecule has 0 spiro atoms. The van der Waals surface area contributed by atoms with Crippen molar-refractivity contribution in [3.05, 3.63) is 35.9 Å². The van der Waals surface area contributed by atoms with Crippen LogP contribution in [0.5, 0.6) is 0 Å². The van der Waals surface area contributed by atoms with E-state index in [0.717, 1.165) is 10.1 Å². The minimum atomic E-state index is -0.683. The van der Waals surface area contributed by atoms with Gasteiger partial charge in [-0.25, -0.2) is 9.78 Å². The topological polar surface area (TPSA) is 81.2 Å². The Hall–Kier alpha value is -1.23. The molecule has 0 radical (unpaired) electrons. The summed E-state index contributed by atoms with van der Waals surface area (Å²) in [5.41, 5.74) is 1.17. The molecule has 2 atom stereocenters. The highest BCUT2D eigenvalue weighted by molar-refractivity contribution is 8.02. The van der Waals surface area contributed by atoms with E-state index in [-0.39, 0.29) is 11.2 Å². The normalized spacial score (nSPS) is 13.0. The largest absolute Gasteiger partial charge is 0.467 e. The van der Waals surface area contributed by atoms with E-state index in [1.165, 1.54) is 47.7 Å². The third-order valence-corrected chi connectivity index (χ3v) is 7.59. The molecular formula is C18H23N3O3S4. The molecule has 1 heterocycles. The Kier molecular flexibility index (Phi) is 10.2. The van der Waals surface area contributed by atoms with Crippen molar-refractivity contribution in [1.82, 2.24) is 14.7 Å². The number of nitrogens with zero attached hydrogens (tertiary/aromatic N) is 2. The van der Waals surface area contributed by atoms with Gasteiger partial charge in [0.15, 0.2) is 4.34 Å². The maximum Gasteiger partial charge on any atom is 0.329 e. The summed E-state index contributed by atoms with van der Waals surface area (Å²) in [4.78, 5) is 29.2. The van der Waals surface area contributed by atoms with Crippen molar-refractivity contribution in [2.24, 2.45) is 0 Å². The van der Waals surface area contributed by atoms with Crippen molar-refractivity contribution in [3.8, 4) is 0 Å². The molecule has 0 bridgehead atoms. The van der Waals surface area contributed by atoms with Gasteiger partial charge in [-0.1, -0.05) is 60.8 Å². The third-order valence-electron chi connectivity index (χ3n) is 3.68. The van der Waals surface area contributed by atoms with Gasteiger partial charge in [0.2, 0.25) is 11.1 Å². The molecule has 28 heavy (non-hydrogen) atoms. The summed E-state index contributed by atoms with van der Waals surface area (Å²) < 4.78 is 9.83. The van der Waals surface area contributed by atoms with Crippen LogP contribution in [0.4, 0.5) is 0 Å². The van der Waals surface area contributed by atoms with E-state index in [1.807, 2.05) is 43.5 Å². The van der Waals surface area contributed by atoms with Gasteiger partial charge in [-0.15, -0.1) is 0 Å². The van der Waals surface area contributed by atoms with E-state index in [1.54, 1.807) is 11.8 Å². The molecule has 1 N–H and O–H groups in total. The van der Waals surface area contributed by atoms with Gasteiger partial charge in [-0.05, 0) is 29.8 Å². The molecule has 2 aromatic rings. The Morgan fingerprint density at radius 3 is 2.64 bits per heavy atom. The number of aromatic nitrogens is 2. The molecule has 1 amide bonds. The van der Waals surface area contributed by atoms with E-state index in [2.05, 4.69) is 14.7 Å². The second-order valence-corrected chi connectivity index (χ2v) is 9.65. The Morgan fingerprint density at radius 2 is 2.04 bits per heavy atom. The average Bonchev–Trinajstić information content (AvgIpc) is 3.19. The van der Waals surface area contributed by atoms with Crippen LogP contribution in [0, 0.1) is 0 Å².